The van der Waals surface area contributed by atoms with Crippen LogP contribution in [0.4, 0.5) is 4.79 Å². The molecule has 8 heteroatoms. The van der Waals surface area contributed by atoms with Gasteiger partial charge in [0.2, 0.25) is 0 Å². The highest BCUT2D eigenvalue weighted by Gasteiger charge is 2.22. The monoisotopic (exact) mass is 499 g/mol. The van der Waals surface area contributed by atoms with Gasteiger partial charge < -0.3 is 14.5 Å². The van der Waals surface area contributed by atoms with Crippen LogP contribution in [0, 0.1) is 0 Å². The molecule has 2 aromatic heterocycles. The van der Waals surface area contributed by atoms with Crippen molar-refractivity contribution in [1.29, 1.82) is 0 Å². The van der Waals surface area contributed by atoms with Crippen LogP contribution in [0.3, 0.4) is 0 Å². The van der Waals surface area contributed by atoms with Crippen LogP contribution in [0.25, 0.3) is 22.4 Å². The Morgan fingerprint density at radius 3 is 2.47 bits per heavy atom. The maximum Gasteiger partial charge on any atom is 0.420 e. The van der Waals surface area contributed by atoms with Gasteiger partial charge in [-0.3, -0.25) is 0 Å². The molecule has 0 aliphatic carbocycles. The molecule has 0 spiro atoms. The molecule has 3 aromatic rings. The zero-order valence-electron chi connectivity index (χ0n) is 19.1. The number of nitrogens with zero attached hydrogens (tertiary/aromatic N) is 5. The SMILES string of the molecule is CN1CCN(CCc2ccc(-c3cnc4c(n3)c(Br)cn4C(=O)OC(C)(C)C)cc2)CC1. The summed E-state index contributed by atoms with van der Waals surface area (Å²) < 4.78 is 7.57. The Hall–Kier alpha value is -2.29. The lowest BCUT2D eigenvalue weighted by Crippen LogP contribution is -2.45. The molecule has 0 saturated carbocycles. The van der Waals surface area contributed by atoms with Gasteiger partial charge in [0, 0.05) is 44.5 Å². The van der Waals surface area contributed by atoms with E-state index in [0.29, 0.717) is 15.6 Å². The molecule has 1 aromatic carbocycles. The predicted molar refractivity (Wildman–Crippen MR) is 130 cm³/mol. The highest BCUT2D eigenvalue weighted by atomic mass is 79.9. The van der Waals surface area contributed by atoms with Crippen molar-refractivity contribution in [1.82, 2.24) is 24.3 Å². The molecule has 7 nitrogen and oxygen atoms in total. The summed E-state index contributed by atoms with van der Waals surface area (Å²) in [6.45, 7) is 11.2. The van der Waals surface area contributed by atoms with Crippen LogP contribution in [-0.4, -0.2) is 75.8 Å². The largest absolute Gasteiger partial charge is 0.443 e. The standard InChI is InChI=1S/C24H30BrN5O2/c1-24(2,3)32-23(31)30-16-19(25)21-22(30)26-15-20(27-21)18-7-5-17(6-8-18)9-10-29-13-11-28(4)12-14-29/h5-8,15-16H,9-14H2,1-4H3. The zero-order valence-corrected chi connectivity index (χ0v) is 20.7. The summed E-state index contributed by atoms with van der Waals surface area (Å²) in [5.41, 5.74) is 3.61. The normalized spacial score (nSPS) is 15.9. The van der Waals surface area contributed by atoms with Crippen LogP contribution >= 0.6 is 15.9 Å². The van der Waals surface area contributed by atoms with Crippen molar-refractivity contribution < 1.29 is 9.53 Å². The Bertz CT molecular complexity index is 1100. The average molecular weight is 500 g/mol. The highest BCUT2D eigenvalue weighted by molar-refractivity contribution is 9.10. The molecule has 3 heterocycles. The molecule has 0 radical (unpaired) electrons. The summed E-state index contributed by atoms with van der Waals surface area (Å²) in [5, 5.41) is 0. The van der Waals surface area contributed by atoms with Crippen LogP contribution in [0.1, 0.15) is 26.3 Å². The van der Waals surface area contributed by atoms with Gasteiger partial charge in [-0.15, -0.1) is 0 Å². The van der Waals surface area contributed by atoms with Crippen molar-refractivity contribution in [2.45, 2.75) is 32.8 Å². The van der Waals surface area contributed by atoms with Crippen molar-refractivity contribution in [2.24, 2.45) is 0 Å². The Kier molecular flexibility index (Phi) is 6.65. The van der Waals surface area contributed by atoms with E-state index < -0.39 is 11.7 Å². The Morgan fingerprint density at radius 2 is 1.81 bits per heavy atom. The summed E-state index contributed by atoms with van der Waals surface area (Å²) in [7, 11) is 2.18. The van der Waals surface area contributed by atoms with Crippen molar-refractivity contribution in [3.63, 3.8) is 0 Å². The third kappa shape index (κ3) is 5.36. The maximum atomic E-state index is 12.5. The second-order valence-electron chi connectivity index (χ2n) is 9.35. The summed E-state index contributed by atoms with van der Waals surface area (Å²) in [5.74, 6) is 0. The lowest BCUT2D eigenvalue weighted by molar-refractivity contribution is 0.0543. The van der Waals surface area contributed by atoms with Gasteiger partial charge in [0.25, 0.3) is 0 Å². The van der Waals surface area contributed by atoms with E-state index in [1.807, 2.05) is 20.8 Å². The van der Waals surface area contributed by atoms with Gasteiger partial charge >= 0.3 is 6.09 Å². The van der Waals surface area contributed by atoms with Gasteiger partial charge in [-0.25, -0.2) is 19.3 Å². The molecule has 0 unspecified atom stereocenters. The summed E-state index contributed by atoms with van der Waals surface area (Å²) in [6.07, 6.45) is 3.93. The third-order valence-electron chi connectivity index (χ3n) is 5.60. The number of carbonyl (C=O) groups excluding carboxylic acids is 1. The second kappa shape index (κ2) is 9.29. The van der Waals surface area contributed by atoms with Crippen LogP contribution in [0.15, 0.2) is 41.1 Å². The van der Waals surface area contributed by atoms with Crippen molar-refractivity contribution in [2.75, 3.05) is 39.8 Å². The number of aromatic nitrogens is 3. The number of rotatable bonds is 4. The van der Waals surface area contributed by atoms with Gasteiger partial charge in [-0.2, -0.15) is 0 Å². The fourth-order valence-corrected chi connectivity index (χ4v) is 4.22. The average Bonchev–Trinajstić information content (AvgIpc) is 3.09. The summed E-state index contributed by atoms with van der Waals surface area (Å²) >= 11 is 3.51. The Balaban J connectivity index is 1.47. The van der Waals surface area contributed by atoms with E-state index in [9.17, 15) is 4.79 Å². The van der Waals surface area contributed by atoms with Crippen molar-refractivity contribution in [3.05, 3.63) is 46.7 Å². The fourth-order valence-electron chi connectivity index (χ4n) is 3.75. The third-order valence-corrected chi connectivity index (χ3v) is 6.18. The number of halogens is 1. The minimum atomic E-state index is -0.584. The van der Waals surface area contributed by atoms with E-state index in [1.54, 1.807) is 12.4 Å². The fraction of sp³-hybridized carbons (Fsp3) is 0.458. The van der Waals surface area contributed by atoms with Crippen LogP contribution < -0.4 is 0 Å². The molecule has 1 aliphatic heterocycles. The molecule has 170 valence electrons. The smallest absolute Gasteiger partial charge is 0.420 e. The number of fused-ring (bicyclic) bond motifs is 1. The first kappa shape index (κ1) is 22.9. The van der Waals surface area contributed by atoms with Crippen LogP contribution in [0.5, 0.6) is 0 Å². The van der Waals surface area contributed by atoms with Gasteiger partial charge in [-0.05, 0) is 55.7 Å². The number of piperazine rings is 1. The van der Waals surface area contributed by atoms with E-state index in [-0.39, 0.29) is 0 Å². The number of hydrogen-bond acceptors (Lipinski definition) is 6. The summed E-state index contributed by atoms with van der Waals surface area (Å²) in [4.78, 5) is 26.7. The van der Waals surface area contributed by atoms with Gasteiger partial charge in [0.05, 0.1) is 16.4 Å². The highest BCUT2D eigenvalue weighted by Crippen LogP contribution is 2.27. The number of carbonyl (C=O) groups is 1. The minimum Gasteiger partial charge on any atom is -0.443 e. The molecular weight excluding hydrogens is 470 g/mol. The lowest BCUT2D eigenvalue weighted by atomic mass is 10.1. The zero-order chi connectivity index (χ0) is 22.9. The quantitative estimate of drug-likeness (QED) is 0.528. The number of ether oxygens (including phenoxy) is 1. The molecule has 0 atom stereocenters. The Morgan fingerprint density at radius 1 is 1.12 bits per heavy atom. The van der Waals surface area contributed by atoms with Crippen LogP contribution in [0.2, 0.25) is 0 Å². The number of benzene rings is 1. The first-order valence-electron chi connectivity index (χ1n) is 11.0. The molecule has 0 bridgehead atoms. The van der Waals surface area contributed by atoms with Gasteiger partial charge in [0.15, 0.2) is 5.65 Å². The molecule has 4 rings (SSSR count). The van der Waals surface area contributed by atoms with Crippen molar-refractivity contribution >= 4 is 33.2 Å². The maximum absolute atomic E-state index is 12.5. The summed E-state index contributed by atoms with van der Waals surface area (Å²) in [6, 6.07) is 8.51. The first-order chi connectivity index (χ1) is 15.2. The van der Waals surface area contributed by atoms with Crippen LogP contribution in [-0.2, 0) is 11.2 Å². The predicted octanol–water partition coefficient (Wildman–Crippen LogP) is 4.43. The van der Waals surface area contributed by atoms with E-state index in [1.165, 1.54) is 10.1 Å². The van der Waals surface area contributed by atoms with E-state index in [4.69, 9.17) is 9.72 Å². The Labute approximate surface area is 197 Å². The second-order valence-corrected chi connectivity index (χ2v) is 10.2. The van der Waals surface area contributed by atoms with Gasteiger partial charge in [-0.1, -0.05) is 24.3 Å². The lowest BCUT2D eigenvalue weighted by Gasteiger charge is -2.32. The molecule has 1 fully saturated rings. The number of likely N-dealkylation sites (N-methyl/N-ethyl adjacent to an activating group) is 1. The molecule has 0 N–H and O–H groups in total. The first-order valence-corrected chi connectivity index (χ1v) is 11.8. The van der Waals surface area contributed by atoms with Gasteiger partial charge in [0.1, 0.15) is 11.1 Å². The molecule has 1 saturated heterocycles. The van der Waals surface area contributed by atoms with E-state index in [2.05, 4.69) is 62.0 Å². The minimum absolute atomic E-state index is 0.471. The van der Waals surface area contributed by atoms with Crippen molar-refractivity contribution in [3.8, 4) is 11.3 Å². The number of hydrogen-bond donors (Lipinski definition) is 0. The van der Waals surface area contributed by atoms with E-state index in [0.717, 1.165) is 50.4 Å². The topological polar surface area (TPSA) is 63.5 Å². The van der Waals surface area contributed by atoms with E-state index >= 15 is 0 Å². The molecule has 1 aliphatic rings. The molecule has 32 heavy (non-hydrogen) atoms. The molecule has 0 amide bonds. The molecular formula is C24H30BrN5O2.